The minimum absolute atomic E-state index is 0.206. The number of thiazole rings is 1. The molecule has 3 nitrogen and oxygen atoms in total. The summed E-state index contributed by atoms with van der Waals surface area (Å²) in [4.78, 5) is 5.69. The van der Waals surface area contributed by atoms with E-state index in [-0.39, 0.29) is 6.04 Å². The van der Waals surface area contributed by atoms with Gasteiger partial charge >= 0.3 is 0 Å². The van der Waals surface area contributed by atoms with Gasteiger partial charge in [-0.2, -0.15) is 23.5 Å². The monoisotopic (exact) mass is 313 g/mol. The smallest absolute Gasteiger partial charge is 0.193 e. The lowest BCUT2D eigenvalue weighted by atomic mass is 10.1. The average molecular weight is 314 g/mol. The standard InChI is InChI=1S/C13H19N3S3/c1-8-9(2)19-12(7-18-8)11(14)5-10-6-16-3-4-17-13(16)15-10/h3-4,6,8-9,11-12H,5,7,14H2,1-2H3. The molecule has 0 spiro atoms. The molecule has 3 rings (SSSR count). The van der Waals surface area contributed by atoms with Gasteiger partial charge in [-0.25, -0.2) is 4.98 Å². The van der Waals surface area contributed by atoms with Crippen molar-refractivity contribution in [2.24, 2.45) is 5.73 Å². The third kappa shape index (κ3) is 2.96. The molecule has 1 saturated heterocycles. The predicted molar refractivity (Wildman–Crippen MR) is 87.5 cm³/mol. The fourth-order valence-corrected chi connectivity index (χ4v) is 6.06. The maximum absolute atomic E-state index is 6.40. The number of nitrogens with zero attached hydrogens (tertiary/aromatic N) is 2. The highest BCUT2D eigenvalue weighted by Crippen LogP contribution is 2.37. The molecule has 0 radical (unpaired) electrons. The molecule has 1 fully saturated rings. The van der Waals surface area contributed by atoms with E-state index in [1.165, 1.54) is 5.75 Å². The first-order valence-corrected chi connectivity index (χ1v) is 9.44. The van der Waals surface area contributed by atoms with Crippen molar-refractivity contribution in [3.8, 4) is 0 Å². The summed E-state index contributed by atoms with van der Waals surface area (Å²) >= 11 is 5.78. The van der Waals surface area contributed by atoms with Gasteiger partial charge in [0.1, 0.15) is 0 Å². The highest BCUT2D eigenvalue weighted by atomic mass is 32.2. The second kappa shape index (κ2) is 5.68. The van der Waals surface area contributed by atoms with Gasteiger partial charge in [-0.1, -0.05) is 13.8 Å². The van der Waals surface area contributed by atoms with Crippen LogP contribution in [-0.2, 0) is 6.42 Å². The summed E-state index contributed by atoms with van der Waals surface area (Å²) in [6.45, 7) is 4.63. The Labute approximate surface area is 126 Å². The van der Waals surface area contributed by atoms with Gasteiger partial charge in [-0.3, -0.25) is 4.40 Å². The molecule has 1 aliphatic rings. The third-order valence-electron chi connectivity index (χ3n) is 3.64. The highest BCUT2D eigenvalue weighted by Gasteiger charge is 2.29. The molecule has 104 valence electrons. The van der Waals surface area contributed by atoms with Crippen molar-refractivity contribution in [1.29, 1.82) is 0 Å². The first-order valence-electron chi connectivity index (χ1n) is 6.57. The van der Waals surface area contributed by atoms with Crippen molar-refractivity contribution in [3.63, 3.8) is 0 Å². The first kappa shape index (κ1) is 13.8. The Morgan fingerprint density at radius 1 is 1.47 bits per heavy atom. The van der Waals surface area contributed by atoms with Crippen LogP contribution in [0.15, 0.2) is 17.8 Å². The van der Waals surface area contributed by atoms with Crippen LogP contribution < -0.4 is 5.73 Å². The minimum Gasteiger partial charge on any atom is -0.326 e. The summed E-state index contributed by atoms with van der Waals surface area (Å²) in [5.74, 6) is 1.17. The van der Waals surface area contributed by atoms with E-state index in [0.717, 1.165) is 22.3 Å². The Kier molecular flexibility index (Phi) is 4.12. The zero-order valence-corrected chi connectivity index (χ0v) is 13.6. The SMILES string of the molecule is CC1SCC(C(N)Cc2cn3ccsc3n2)SC1C. The number of hydrogen-bond acceptors (Lipinski definition) is 5. The lowest BCUT2D eigenvalue weighted by Crippen LogP contribution is -2.41. The van der Waals surface area contributed by atoms with Crippen molar-refractivity contribution < 1.29 is 0 Å². The molecule has 1 aliphatic heterocycles. The van der Waals surface area contributed by atoms with E-state index >= 15 is 0 Å². The lowest BCUT2D eigenvalue weighted by Gasteiger charge is -2.34. The highest BCUT2D eigenvalue weighted by molar-refractivity contribution is 8.07. The molecule has 4 unspecified atom stereocenters. The van der Waals surface area contributed by atoms with Crippen LogP contribution in [0, 0.1) is 0 Å². The van der Waals surface area contributed by atoms with Gasteiger partial charge in [-0.15, -0.1) is 11.3 Å². The second-order valence-corrected chi connectivity index (χ2v) is 9.02. The molecule has 0 saturated carbocycles. The fraction of sp³-hybridized carbons (Fsp3) is 0.615. The van der Waals surface area contributed by atoms with Gasteiger partial charge in [0.15, 0.2) is 4.96 Å². The molecule has 0 amide bonds. The quantitative estimate of drug-likeness (QED) is 0.946. The Bertz CT molecular complexity index is 522. The number of hydrogen-bond donors (Lipinski definition) is 1. The van der Waals surface area contributed by atoms with Crippen LogP contribution in [0.3, 0.4) is 0 Å². The van der Waals surface area contributed by atoms with Crippen LogP contribution in [0.4, 0.5) is 0 Å². The van der Waals surface area contributed by atoms with Gasteiger partial charge in [0, 0.05) is 51.7 Å². The first-order chi connectivity index (χ1) is 9.13. The van der Waals surface area contributed by atoms with E-state index in [1.807, 2.05) is 0 Å². The number of thioether (sulfide) groups is 2. The third-order valence-corrected chi connectivity index (χ3v) is 7.98. The van der Waals surface area contributed by atoms with Crippen LogP contribution in [0.2, 0.25) is 0 Å². The molecule has 4 atom stereocenters. The van der Waals surface area contributed by atoms with Gasteiger partial charge in [0.25, 0.3) is 0 Å². The molecule has 2 aromatic rings. The minimum atomic E-state index is 0.206. The van der Waals surface area contributed by atoms with E-state index < -0.39 is 0 Å². The zero-order valence-electron chi connectivity index (χ0n) is 11.2. The van der Waals surface area contributed by atoms with Crippen molar-refractivity contribution >= 4 is 39.8 Å². The molecule has 0 aromatic carbocycles. The summed E-state index contributed by atoms with van der Waals surface area (Å²) in [7, 11) is 0. The predicted octanol–water partition coefficient (Wildman–Crippen LogP) is 2.89. The van der Waals surface area contributed by atoms with Crippen LogP contribution in [0.25, 0.3) is 4.96 Å². The summed E-state index contributed by atoms with van der Waals surface area (Å²) in [5.41, 5.74) is 7.52. The summed E-state index contributed by atoms with van der Waals surface area (Å²) in [6.07, 6.45) is 5.04. The van der Waals surface area contributed by atoms with E-state index in [0.29, 0.717) is 10.5 Å². The summed E-state index contributed by atoms with van der Waals surface area (Å²) in [5, 5.41) is 4.05. The summed E-state index contributed by atoms with van der Waals surface area (Å²) < 4.78 is 2.08. The molecule has 6 heteroatoms. The number of rotatable bonds is 3. The Morgan fingerprint density at radius 2 is 2.32 bits per heavy atom. The fourth-order valence-electron chi connectivity index (χ4n) is 2.28. The topological polar surface area (TPSA) is 43.3 Å². The van der Waals surface area contributed by atoms with E-state index in [1.54, 1.807) is 11.3 Å². The molecule has 19 heavy (non-hydrogen) atoms. The maximum Gasteiger partial charge on any atom is 0.193 e. The molecular formula is C13H19N3S3. The molecule has 3 heterocycles. The van der Waals surface area contributed by atoms with E-state index in [2.05, 4.69) is 64.5 Å². The zero-order chi connectivity index (χ0) is 13.4. The Balaban J connectivity index is 1.64. The lowest BCUT2D eigenvalue weighted by molar-refractivity contribution is 0.649. The number of imidazole rings is 1. The molecular weight excluding hydrogens is 294 g/mol. The van der Waals surface area contributed by atoms with Gasteiger partial charge in [0.2, 0.25) is 0 Å². The number of aromatic nitrogens is 2. The largest absolute Gasteiger partial charge is 0.326 e. The Morgan fingerprint density at radius 3 is 3.05 bits per heavy atom. The van der Waals surface area contributed by atoms with Gasteiger partial charge < -0.3 is 5.73 Å². The van der Waals surface area contributed by atoms with Crippen molar-refractivity contribution in [2.45, 2.75) is 42.1 Å². The normalized spacial score (nSPS) is 29.7. The van der Waals surface area contributed by atoms with E-state index in [9.17, 15) is 0 Å². The van der Waals surface area contributed by atoms with Crippen LogP contribution >= 0.6 is 34.9 Å². The van der Waals surface area contributed by atoms with Crippen LogP contribution in [0.5, 0.6) is 0 Å². The number of fused-ring (bicyclic) bond motifs is 1. The van der Waals surface area contributed by atoms with Crippen molar-refractivity contribution in [2.75, 3.05) is 5.75 Å². The van der Waals surface area contributed by atoms with Crippen LogP contribution in [-0.4, -0.2) is 36.9 Å². The van der Waals surface area contributed by atoms with Gasteiger partial charge in [0.05, 0.1) is 5.69 Å². The maximum atomic E-state index is 6.40. The second-order valence-electron chi connectivity index (χ2n) is 5.11. The van der Waals surface area contributed by atoms with Crippen molar-refractivity contribution in [1.82, 2.24) is 9.38 Å². The van der Waals surface area contributed by atoms with Gasteiger partial charge in [-0.05, 0) is 0 Å². The van der Waals surface area contributed by atoms with Crippen LogP contribution in [0.1, 0.15) is 19.5 Å². The summed E-state index contributed by atoms with van der Waals surface area (Å²) in [6, 6.07) is 0.206. The molecule has 0 bridgehead atoms. The molecule has 2 N–H and O–H groups in total. The van der Waals surface area contributed by atoms with Crippen molar-refractivity contribution in [3.05, 3.63) is 23.5 Å². The number of nitrogens with two attached hydrogens (primary N) is 1. The van der Waals surface area contributed by atoms with E-state index in [4.69, 9.17) is 5.73 Å². The molecule has 0 aliphatic carbocycles. The molecule has 2 aromatic heterocycles. The average Bonchev–Trinajstić information content (AvgIpc) is 2.93. The Hall–Kier alpha value is -0.170.